The molecule has 3 aliphatic rings. The Morgan fingerprint density at radius 2 is 2.06 bits per heavy atom. The number of carbonyl (C=O) groups is 1. The molecule has 3 fully saturated rings. The molecule has 3 unspecified atom stereocenters. The molecular formula is C10H18N4O3S. The molecule has 102 valence electrons. The van der Waals surface area contributed by atoms with Crippen molar-refractivity contribution in [2.75, 3.05) is 37.7 Å². The highest BCUT2D eigenvalue weighted by Gasteiger charge is 2.43. The molecule has 0 spiro atoms. The largest absolute Gasteiger partial charge is 0.336 e. The molecule has 3 N–H and O–H groups in total. The molecule has 3 aliphatic heterocycles. The zero-order chi connectivity index (χ0) is 12.9. The predicted octanol–water partition coefficient (Wildman–Crippen LogP) is -2.18. The number of rotatable bonds is 1. The Kier molecular flexibility index (Phi) is 2.76. The average molecular weight is 274 g/mol. The minimum atomic E-state index is -2.99. The average Bonchev–Trinajstić information content (AvgIpc) is 2.79. The standard InChI is InChI=1S/C10H18N4O3S/c11-8-5-18(16,17)6-9(8)13-1-2-14-7(4-13)3-12-10(14)15/h7-9H,1-6,11H2,(H,12,15). The van der Waals surface area contributed by atoms with Gasteiger partial charge in [-0.05, 0) is 0 Å². The third kappa shape index (κ3) is 1.98. The van der Waals surface area contributed by atoms with Crippen molar-refractivity contribution in [1.29, 1.82) is 0 Å². The van der Waals surface area contributed by atoms with Crippen LogP contribution in [-0.4, -0.2) is 80.1 Å². The topological polar surface area (TPSA) is 95.7 Å². The minimum absolute atomic E-state index is 0.0111. The molecule has 0 aromatic rings. The van der Waals surface area contributed by atoms with E-state index in [0.717, 1.165) is 0 Å². The first kappa shape index (κ1) is 12.2. The van der Waals surface area contributed by atoms with Crippen LogP contribution in [0.1, 0.15) is 0 Å². The van der Waals surface area contributed by atoms with Crippen LogP contribution in [-0.2, 0) is 9.84 Å². The van der Waals surface area contributed by atoms with Crippen LogP contribution in [0.3, 0.4) is 0 Å². The highest BCUT2D eigenvalue weighted by atomic mass is 32.2. The second kappa shape index (κ2) is 4.07. The van der Waals surface area contributed by atoms with Crippen molar-refractivity contribution in [3.05, 3.63) is 0 Å². The molecule has 3 rings (SSSR count). The molecule has 2 amide bonds. The van der Waals surface area contributed by atoms with E-state index in [4.69, 9.17) is 5.73 Å². The summed E-state index contributed by atoms with van der Waals surface area (Å²) in [6, 6.07) is -0.246. The zero-order valence-electron chi connectivity index (χ0n) is 10.1. The molecule has 0 aliphatic carbocycles. The summed E-state index contributed by atoms with van der Waals surface area (Å²) in [6.45, 7) is 2.72. The fourth-order valence-corrected chi connectivity index (χ4v) is 5.08. The van der Waals surface area contributed by atoms with E-state index in [1.807, 2.05) is 4.90 Å². The molecule has 3 saturated heterocycles. The van der Waals surface area contributed by atoms with Gasteiger partial charge in [0.25, 0.3) is 0 Å². The molecule has 0 radical (unpaired) electrons. The Morgan fingerprint density at radius 3 is 2.72 bits per heavy atom. The second-order valence-electron chi connectivity index (χ2n) is 5.34. The number of carbonyl (C=O) groups excluding carboxylic acids is 1. The van der Waals surface area contributed by atoms with Crippen molar-refractivity contribution in [3.8, 4) is 0 Å². The summed E-state index contributed by atoms with van der Waals surface area (Å²) in [7, 11) is -2.99. The quantitative estimate of drug-likeness (QED) is 0.567. The smallest absolute Gasteiger partial charge is 0.317 e. The van der Waals surface area contributed by atoms with Crippen LogP contribution in [0.15, 0.2) is 0 Å². The summed E-state index contributed by atoms with van der Waals surface area (Å²) in [5.74, 6) is 0.238. The van der Waals surface area contributed by atoms with Crippen molar-refractivity contribution in [2.45, 2.75) is 18.1 Å². The minimum Gasteiger partial charge on any atom is -0.336 e. The molecule has 0 saturated carbocycles. The molecular weight excluding hydrogens is 256 g/mol. The lowest BCUT2D eigenvalue weighted by atomic mass is 10.1. The maximum Gasteiger partial charge on any atom is 0.317 e. The van der Waals surface area contributed by atoms with Crippen LogP contribution < -0.4 is 11.1 Å². The van der Waals surface area contributed by atoms with Crippen LogP contribution in [0.2, 0.25) is 0 Å². The molecule has 0 aromatic carbocycles. The van der Waals surface area contributed by atoms with Gasteiger partial charge in [-0.1, -0.05) is 0 Å². The van der Waals surface area contributed by atoms with E-state index in [0.29, 0.717) is 26.2 Å². The number of nitrogens with two attached hydrogens (primary N) is 1. The SMILES string of the molecule is NC1CS(=O)(=O)CC1N1CCN2C(=O)NCC2C1. The van der Waals surface area contributed by atoms with E-state index in [-0.39, 0.29) is 35.7 Å². The molecule has 7 nitrogen and oxygen atoms in total. The van der Waals surface area contributed by atoms with E-state index in [1.165, 1.54) is 0 Å². The highest BCUT2D eigenvalue weighted by molar-refractivity contribution is 7.91. The summed E-state index contributed by atoms with van der Waals surface area (Å²) in [6.07, 6.45) is 0. The third-order valence-electron chi connectivity index (χ3n) is 4.10. The number of hydrogen-bond donors (Lipinski definition) is 2. The lowest BCUT2D eigenvalue weighted by Crippen LogP contribution is -2.58. The summed E-state index contributed by atoms with van der Waals surface area (Å²) >= 11 is 0. The van der Waals surface area contributed by atoms with Gasteiger partial charge < -0.3 is 16.0 Å². The van der Waals surface area contributed by atoms with Gasteiger partial charge in [0.2, 0.25) is 0 Å². The van der Waals surface area contributed by atoms with Gasteiger partial charge in [0.15, 0.2) is 9.84 Å². The Morgan fingerprint density at radius 1 is 1.28 bits per heavy atom. The van der Waals surface area contributed by atoms with Crippen molar-refractivity contribution in [1.82, 2.24) is 15.1 Å². The van der Waals surface area contributed by atoms with Gasteiger partial charge in [-0.3, -0.25) is 4.90 Å². The second-order valence-corrected chi connectivity index (χ2v) is 7.49. The van der Waals surface area contributed by atoms with Gasteiger partial charge in [0.1, 0.15) is 0 Å². The predicted molar refractivity (Wildman–Crippen MR) is 65.9 cm³/mol. The fourth-order valence-electron chi connectivity index (χ4n) is 3.16. The Balaban J connectivity index is 1.70. The molecule has 0 bridgehead atoms. The van der Waals surface area contributed by atoms with E-state index in [1.54, 1.807) is 0 Å². The van der Waals surface area contributed by atoms with Crippen molar-refractivity contribution in [3.63, 3.8) is 0 Å². The summed E-state index contributed by atoms with van der Waals surface area (Å²) in [5, 5.41) is 2.81. The van der Waals surface area contributed by atoms with Crippen LogP contribution in [0.4, 0.5) is 4.79 Å². The van der Waals surface area contributed by atoms with Gasteiger partial charge in [0.05, 0.1) is 17.5 Å². The van der Waals surface area contributed by atoms with Gasteiger partial charge >= 0.3 is 6.03 Å². The number of urea groups is 1. The van der Waals surface area contributed by atoms with Gasteiger partial charge in [-0.25, -0.2) is 13.2 Å². The number of nitrogens with zero attached hydrogens (tertiary/aromatic N) is 2. The zero-order valence-corrected chi connectivity index (χ0v) is 10.9. The van der Waals surface area contributed by atoms with Gasteiger partial charge in [-0.15, -0.1) is 0 Å². The Hall–Kier alpha value is -0.860. The maximum absolute atomic E-state index is 11.6. The highest BCUT2D eigenvalue weighted by Crippen LogP contribution is 2.22. The first-order chi connectivity index (χ1) is 8.46. The number of sulfone groups is 1. The first-order valence-electron chi connectivity index (χ1n) is 6.21. The van der Waals surface area contributed by atoms with Crippen molar-refractivity contribution in [2.24, 2.45) is 5.73 Å². The number of piperazine rings is 1. The van der Waals surface area contributed by atoms with E-state index < -0.39 is 9.84 Å². The van der Waals surface area contributed by atoms with E-state index in [9.17, 15) is 13.2 Å². The van der Waals surface area contributed by atoms with Crippen LogP contribution in [0.25, 0.3) is 0 Å². The summed E-state index contributed by atoms with van der Waals surface area (Å²) < 4.78 is 23.2. The van der Waals surface area contributed by atoms with Crippen molar-refractivity contribution < 1.29 is 13.2 Å². The monoisotopic (exact) mass is 274 g/mol. The number of hydrogen-bond acceptors (Lipinski definition) is 5. The molecule has 8 heteroatoms. The lowest BCUT2D eigenvalue weighted by Gasteiger charge is -2.40. The molecule has 0 aromatic heterocycles. The maximum atomic E-state index is 11.6. The molecule has 3 atom stereocenters. The van der Waals surface area contributed by atoms with Crippen molar-refractivity contribution >= 4 is 15.9 Å². The Bertz CT molecular complexity index is 466. The van der Waals surface area contributed by atoms with Crippen LogP contribution >= 0.6 is 0 Å². The lowest BCUT2D eigenvalue weighted by molar-refractivity contribution is 0.0907. The van der Waals surface area contributed by atoms with E-state index >= 15 is 0 Å². The number of nitrogens with one attached hydrogen (secondary N) is 1. The first-order valence-corrected chi connectivity index (χ1v) is 8.03. The van der Waals surface area contributed by atoms with Gasteiger partial charge in [0, 0.05) is 38.3 Å². The number of fused-ring (bicyclic) bond motifs is 1. The van der Waals surface area contributed by atoms with Gasteiger partial charge in [-0.2, -0.15) is 0 Å². The third-order valence-corrected chi connectivity index (χ3v) is 5.84. The summed E-state index contributed by atoms with van der Waals surface area (Å²) in [4.78, 5) is 15.4. The molecule has 3 heterocycles. The fraction of sp³-hybridized carbons (Fsp3) is 0.900. The summed E-state index contributed by atoms with van der Waals surface area (Å²) in [5.41, 5.74) is 5.93. The Labute approximate surface area is 106 Å². The molecule has 18 heavy (non-hydrogen) atoms. The van der Waals surface area contributed by atoms with E-state index in [2.05, 4.69) is 10.2 Å². The number of amides is 2. The normalized spacial score (nSPS) is 39.7. The van der Waals surface area contributed by atoms with Crippen LogP contribution in [0.5, 0.6) is 0 Å². The van der Waals surface area contributed by atoms with Crippen LogP contribution in [0, 0.1) is 0 Å².